The summed E-state index contributed by atoms with van der Waals surface area (Å²) in [4.78, 5) is 26.4. The molecule has 3 heterocycles. The highest BCUT2D eigenvalue weighted by Crippen LogP contribution is 2.30. The van der Waals surface area contributed by atoms with Crippen LogP contribution in [0.5, 0.6) is 0 Å². The van der Waals surface area contributed by atoms with Gasteiger partial charge >= 0.3 is 0 Å². The molecular formula is C14H23N3O2. The molecule has 0 spiro atoms. The third kappa shape index (κ3) is 2.36. The van der Waals surface area contributed by atoms with Crippen molar-refractivity contribution in [2.45, 2.75) is 44.7 Å². The molecule has 0 bridgehead atoms. The molecule has 2 N–H and O–H groups in total. The Balaban J connectivity index is 1.70. The molecule has 3 aliphatic heterocycles. The van der Waals surface area contributed by atoms with Gasteiger partial charge in [0.2, 0.25) is 11.8 Å². The van der Waals surface area contributed by atoms with Crippen LogP contribution in [0.1, 0.15) is 32.6 Å². The number of hydrogen-bond acceptors (Lipinski definition) is 3. The zero-order valence-corrected chi connectivity index (χ0v) is 11.5. The van der Waals surface area contributed by atoms with Crippen molar-refractivity contribution in [1.29, 1.82) is 0 Å². The van der Waals surface area contributed by atoms with E-state index in [0.717, 1.165) is 38.8 Å². The second-order valence-corrected chi connectivity index (χ2v) is 6.17. The van der Waals surface area contributed by atoms with Crippen molar-refractivity contribution in [2.24, 2.45) is 11.8 Å². The Morgan fingerprint density at radius 3 is 3.00 bits per heavy atom. The molecule has 0 radical (unpaired) electrons. The van der Waals surface area contributed by atoms with E-state index in [1.807, 2.05) is 4.90 Å². The minimum Gasteiger partial charge on any atom is -0.354 e. The van der Waals surface area contributed by atoms with Gasteiger partial charge in [-0.05, 0) is 39.2 Å². The molecule has 19 heavy (non-hydrogen) atoms. The van der Waals surface area contributed by atoms with Crippen molar-refractivity contribution in [3.8, 4) is 0 Å². The van der Waals surface area contributed by atoms with Crippen molar-refractivity contribution in [1.82, 2.24) is 15.5 Å². The van der Waals surface area contributed by atoms with E-state index >= 15 is 0 Å². The molecule has 0 aromatic rings. The average molecular weight is 265 g/mol. The fourth-order valence-corrected chi connectivity index (χ4v) is 3.82. The van der Waals surface area contributed by atoms with Crippen LogP contribution in [0.15, 0.2) is 0 Å². The van der Waals surface area contributed by atoms with Crippen molar-refractivity contribution in [3.63, 3.8) is 0 Å². The van der Waals surface area contributed by atoms with Crippen molar-refractivity contribution >= 4 is 11.8 Å². The predicted molar refractivity (Wildman–Crippen MR) is 71.4 cm³/mol. The Morgan fingerprint density at radius 2 is 2.21 bits per heavy atom. The molecule has 3 fully saturated rings. The third-order valence-electron chi connectivity index (χ3n) is 4.86. The van der Waals surface area contributed by atoms with Crippen LogP contribution in [0, 0.1) is 11.8 Å². The fraction of sp³-hybridized carbons (Fsp3) is 0.857. The van der Waals surface area contributed by atoms with E-state index in [2.05, 4.69) is 17.6 Å². The average Bonchev–Trinajstić information content (AvgIpc) is 2.80. The van der Waals surface area contributed by atoms with E-state index < -0.39 is 0 Å². The normalized spacial score (nSPS) is 38.8. The van der Waals surface area contributed by atoms with Gasteiger partial charge in [0.25, 0.3) is 0 Å². The smallest absolute Gasteiger partial charge is 0.226 e. The van der Waals surface area contributed by atoms with Crippen molar-refractivity contribution in [2.75, 3.05) is 19.6 Å². The van der Waals surface area contributed by atoms with Crippen molar-refractivity contribution < 1.29 is 9.59 Å². The van der Waals surface area contributed by atoms with E-state index in [0.29, 0.717) is 12.6 Å². The summed E-state index contributed by atoms with van der Waals surface area (Å²) in [6, 6.07) is 0.533. The van der Waals surface area contributed by atoms with Gasteiger partial charge in [0.1, 0.15) is 0 Å². The van der Waals surface area contributed by atoms with Gasteiger partial charge in [0.05, 0.1) is 12.0 Å². The Morgan fingerprint density at radius 1 is 1.37 bits per heavy atom. The van der Waals surface area contributed by atoms with Crippen LogP contribution in [0.4, 0.5) is 0 Å². The highest BCUT2D eigenvalue weighted by atomic mass is 16.2. The first kappa shape index (κ1) is 12.9. The summed E-state index contributed by atoms with van der Waals surface area (Å²) in [7, 11) is 0. The number of carbonyl (C=O) groups is 2. The molecule has 3 aliphatic rings. The van der Waals surface area contributed by atoms with Gasteiger partial charge in [-0.2, -0.15) is 0 Å². The molecule has 2 amide bonds. The topological polar surface area (TPSA) is 61.4 Å². The van der Waals surface area contributed by atoms with Crippen LogP contribution in [0.2, 0.25) is 0 Å². The lowest BCUT2D eigenvalue weighted by Crippen LogP contribution is -2.52. The summed E-state index contributed by atoms with van der Waals surface area (Å²) in [5, 5.41) is 6.30. The maximum Gasteiger partial charge on any atom is 0.226 e. The fourth-order valence-electron chi connectivity index (χ4n) is 3.82. The lowest BCUT2D eigenvalue weighted by Gasteiger charge is -2.39. The summed E-state index contributed by atoms with van der Waals surface area (Å²) in [6.45, 7) is 4.54. The van der Waals surface area contributed by atoms with Gasteiger partial charge in [-0.3, -0.25) is 9.59 Å². The maximum atomic E-state index is 12.7. The van der Waals surface area contributed by atoms with E-state index in [1.165, 1.54) is 0 Å². The SMILES string of the molecule is CC1CC(C(=O)N2CCCC3C(=O)NCC32)CCN1. The molecule has 0 aromatic heterocycles. The van der Waals surface area contributed by atoms with E-state index in [1.54, 1.807) is 0 Å². The van der Waals surface area contributed by atoms with Gasteiger partial charge in [-0.25, -0.2) is 0 Å². The van der Waals surface area contributed by atoms with Crippen LogP contribution in [0.25, 0.3) is 0 Å². The summed E-state index contributed by atoms with van der Waals surface area (Å²) in [6.07, 6.45) is 3.75. The highest BCUT2D eigenvalue weighted by molar-refractivity contribution is 5.85. The quantitative estimate of drug-likeness (QED) is 0.707. The molecular weight excluding hydrogens is 242 g/mol. The molecule has 4 atom stereocenters. The second kappa shape index (κ2) is 5.12. The molecule has 0 aliphatic carbocycles. The van der Waals surface area contributed by atoms with E-state index in [9.17, 15) is 9.59 Å². The largest absolute Gasteiger partial charge is 0.354 e. The molecule has 5 heteroatoms. The maximum absolute atomic E-state index is 12.7. The van der Waals surface area contributed by atoms with Crippen LogP contribution in [-0.4, -0.2) is 48.4 Å². The number of rotatable bonds is 1. The van der Waals surface area contributed by atoms with Crippen molar-refractivity contribution in [3.05, 3.63) is 0 Å². The van der Waals surface area contributed by atoms with E-state index in [4.69, 9.17) is 0 Å². The number of fused-ring (bicyclic) bond motifs is 1. The predicted octanol–water partition coefficient (Wildman–Crippen LogP) is 0.112. The third-order valence-corrected chi connectivity index (χ3v) is 4.86. The minimum atomic E-state index is 0.0387. The standard InChI is InChI=1S/C14H23N3O2/c1-9-7-10(4-5-15-9)14(19)17-6-2-3-11-12(17)8-16-13(11)18/h9-12,15H,2-8H2,1H3,(H,16,18). The second-order valence-electron chi connectivity index (χ2n) is 6.17. The summed E-state index contributed by atoms with van der Waals surface area (Å²) >= 11 is 0. The van der Waals surface area contributed by atoms with Crippen LogP contribution in [0.3, 0.4) is 0 Å². The van der Waals surface area contributed by atoms with Crippen LogP contribution < -0.4 is 10.6 Å². The summed E-state index contributed by atoms with van der Waals surface area (Å²) in [5.74, 6) is 0.600. The van der Waals surface area contributed by atoms with Gasteiger partial charge in [0.15, 0.2) is 0 Å². The molecule has 3 saturated heterocycles. The number of hydrogen-bond donors (Lipinski definition) is 2. The van der Waals surface area contributed by atoms with Gasteiger partial charge < -0.3 is 15.5 Å². The minimum absolute atomic E-state index is 0.0387. The number of nitrogens with one attached hydrogen (secondary N) is 2. The number of amides is 2. The zero-order valence-electron chi connectivity index (χ0n) is 11.5. The van der Waals surface area contributed by atoms with E-state index in [-0.39, 0.29) is 29.7 Å². The first-order valence-electron chi connectivity index (χ1n) is 7.48. The summed E-state index contributed by atoms with van der Waals surface area (Å²) < 4.78 is 0. The number of nitrogens with zero attached hydrogens (tertiary/aromatic N) is 1. The Kier molecular flexibility index (Phi) is 3.48. The summed E-state index contributed by atoms with van der Waals surface area (Å²) in [5.41, 5.74) is 0. The Bertz CT molecular complexity index is 385. The first-order chi connectivity index (χ1) is 9.16. The molecule has 5 nitrogen and oxygen atoms in total. The van der Waals surface area contributed by atoms with Gasteiger partial charge in [-0.15, -0.1) is 0 Å². The Labute approximate surface area is 114 Å². The monoisotopic (exact) mass is 265 g/mol. The van der Waals surface area contributed by atoms with Crippen LogP contribution >= 0.6 is 0 Å². The number of likely N-dealkylation sites (tertiary alicyclic amines) is 1. The highest BCUT2D eigenvalue weighted by Gasteiger charge is 2.44. The molecule has 4 unspecified atom stereocenters. The lowest BCUT2D eigenvalue weighted by atomic mass is 9.87. The lowest BCUT2D eigenvalue weighted by molar-refractivity contribution is -0.142. The number of carbonyl (C=O) groups excluding carboxylic acids is 2. The molecule has 106 valence electrons. The Hall–Kier alpha value is -1.10. The number of piperidine rings is 2. The molecule has 0 saturated carbocycles. The van der Waals surface area contributed by atoms with Crippen LogP contribution in [-0.2, 0) is 9.59 Å². The zero-order chi connectivity index (χ0) is 13.4. The molecule has 3 rings (SSSR count). The van der Waals surface area contributed by atoms with Gasteiger partial charge in [-0.1, -0.05) is 0 Å². The van der Waals surface area contributed by atoms with Gasteiger partial charge in [0, 0.05) is 25.0 Å². The molecule has 0 aromatic carbocycles. The first-order valence-corrected chi connectivity index (χ1v) is 7.48.